The summed E-state index contributed by atoms with van der Waals surface area (Å²) >= 11 is 0. The minimum atomic E-state index is -1.46. The van der Waals surface area contributed by atoms with E-state index in [2.05, 4.69) is 65.8 Å². The largest absolute Gasteiger partial charge is 0.418 e. The molecule has 0 aromatic heterocycles. The zero-order valence-electron chi connectivity index (χ0n) is 13.1. The lowest BCUT2D eigenvalue weighted by atomic mass is 10.5. The van der Waals surface area contributed by atoms with Crippen LogP contribution in [0.1, 0.15) is 13.3 Å². The second-order valence-corrected chi connectivity index (χ2v) is 23.4. The Morgan fingerprint density at radius 2 is 1.06 bits per heavy atom. The minimum absolute atomic E-state index is 0.241. The fraction of sp³-hybridized carbons (Fsp3) is 1.00. The van der Waals surface area contributed by atoms with Gasteiger partial charge in [-0.15, -0.1) is 0 Å². The number of hydrogen-bond donors (Lipinski definition) is 0. The number of hydrogen-bond acceptors (Lipinski definition) is 1. The topological polar surface area (TPSA) is 9.23 Å². The summed E-state index contributed by atoms with van der Waals surface area (Å²) < 4.78 is 6.77. The van der Waals surface area contributed by atoms with Gasteiger partial charge in [-0.2, -0.15) is 0 Å². The maximum atomic E-state index is 6.77. The van der Waals surface area contributed by atoms with Crippen LogP contribution in [0.4, 0.5) is 0 Å². The molecule has 0 aliphatic heterocycles. The van der Waals surface area contributed by atoms with Crippen molar-refractivity contribution in [2.75, 3.05) is 0 Å². The predicted octanol–water partition coefficient (Wildman–Crippen LogP) is 4.74. The van der Waals surface area contributed by atoms with Gasteiger partial charge in [-0.1, -0.05) is 46.2 Å². The summed E-state index contributed by atoms with van der Waals surface area (Å²) in [5.74, 6) is 0. The molecular weight excluding hydrogens is 244 g/mol. The van der Waals surface area contributed by atoms with Gasteiger partial charge in [-0.05, 0) is 26.1 Å². The fourth-order valence-corrected chi connectivity index (χ4v) is 19.7. The van der Waals surface area contributed by atoms with Gasteiger partial charge in [0.25, 0.3) is 0 Å². The molecule has 0 atom stereocenters. The van der Waals surface area contributed by atoms with Crippen molar-refractivity contribution < 1.29 is 4.43 Å². The lowest BCUT2D eigenvalue weighted by Gasteiger charge is -2.54. The minimum Gasteiger partial charge on any atom is -0.418 e. The van der Waals surface area contributed by atoms with Crippen LogP contribution < -0.4 is 0 Å². The van der Waals surface area contributed by atoms with Crippen molar-refractivity contribution in [1.82, 2.24) is 0 Å². The molecule has 0 N–H and O–H groups in total. The molecule has 0 spiro atoms. The molecule has 0 fully saturated rings. The van der Waals surface area contributed by atoms with Crippen molar-refractivity contribution in [3.8, 4) is 0 Å². The normalized spacial score (nSPS) is 15.4. The van der Waals surface area contributed by atoms with Crippen molar-refractivity contribution in [2.24, 2.45) is 0 Å². The Hall–Kier alpha value is 0.611. The average Bonchev–Trinajstić information content (AvgIpc) is 1.93. The third-order valence-electron chi connectivity index (χ3n) is 3.40. The van der Waals surface area contributed by atoms with Gasteiger partial charge >= 0.3 is 0 Å². The zero-order chi connectivity index (χ0) is 13.4. The summed E-state index contributed by atoms with van der Waals surface area (Å²) in [6.45, 7) is 24.2. The molecule has 98 valence electrons. The monoisotopic (exact) mass is 276 g/mol. The van der Waals surface area contributed by atoms with Crippen molar-refractivity contribution in [1.29, 1.82) is 0 Å². The predicted molar refractivity (Wildman–Crippen MR) is 84.1 cm³/mol. The lowest BCUT2D eigenvalue weighted by Crippen LogP contribution is -2.70. The van der Waals surface area contributed by atoms with Crippen molar-refractivity contribution in [3.63, 3.8) is 0 Å². The van der Waals surface area contributed by atoms with Crippen LogP contribution >= 0.6 is 0 Å². The molecular formula is C12H32OSi3. The van der Waals surface area contributed by atoms with E-state index in [1.807, 2.05) is 0 Å². The van der Waals surface area contributed by atoms with Gasteiger partial charge in [0, 0.05) is 4.85 Å². The van der Waals surface area contributed by atoms with Gasteiger partial charge in [0.2, 0.25) is 0 Å². The first-order valence-corrected chi connectivity index (χ1v) is 16.9. The Bertz CT molecular complexity index is 216. The highest BCUT2D eigenvalue weighted by Crippen LogP contribution is 2.39. The van der Waals surface area contributed by atoms with Crippen molar-refractivity contribution in [3.05, 3.63) is 0 Å². The van der Waals surface area contributed by atoms with Crippen molar-refractivity contribution >= 4 is 24.5 Å². The van der Waals surface area contributed by atoms with Crippen LogP contribution in [-0.4, -0.2) is 29.3 Å². The first-order chi connectivity index (χ1) is 6.77. The molecule has 0 heterocycles. The van der Waals surface area contributed by atoms with E-state index in [-0.39, 0.29) is 4.85 Å². The van der Waals surface area contributed by atoms with E-state index < -0.39 is 24.5 Å². The summed E-state index contributed by atoms with van der Waals surface area (Å²) in [5, 5.41) is 0. The SMILES string of the molecule is CCC(O[Si](C)(C)C)([Si](C)(C)C)[Si](C)(C)C. The molecule has 1 nitrogen and oxygen atoms in total. The first-order valence-electron chi connectivity index (χ1n) is 6.47. The van der Waals surface area contributed by atoms with Gasteiger partial charge in [0.1, 0.15) is 0 Å². The molecule has 0 aromatic carbocycles. The standard InChI is InChI=1S/C12H32OSi3/c1-11-12(14(2,3)4,15(5,6)7)13-16(8,9)10/h11H2,1-10H3. The van der Waals surface area contributed by atoms with Gasteiger partial charge < -0.3 is 4.43 Å². The molecule has 0 unspecified atom stereocenters. The van der Waals surface area contributed by atoms with Crippen molar-refractivity contribution in [2.45, 2.75) is 77.1 Å². The second kappa shape index (κ2) is 4.71. The average molecular weight is 277 g/mol. The molecule has 0 rings (SSSR count). The third kappa shape index (κ3) is 3.55. The van der Waals surface area contributed by atoms with Crippen LogP contribution in [0.3, 0.4) is 0 Å². The van der Waals surface area contributed by atoms with E-state index in [0.29, 0.717) is 0 Å². The Labute approximate surface area is 106 Å². The van der Waals surface area contributed by atoms with E-state index in [0.717, 1.165) is 0 Å². The summed E-state index contributed by atoms with van der Waals surface area (Å²) in [4.78, 5) is 0.241. The molecule has 0 amide bonds. The smallest absolute Gasteiger partial charge is 0.183 e. The van der Waals surface area contributed by atoms with Crippen LogP contribution in [0.5, 0.6) is 0 Å². The van der Waals surface area contributed by atoms with Gasteiger partial charge in [0.15, 0.2) is 8.32 Å². The molecule has 16 heavy (non-hydrogen) atoms. The van der Waals surface area contributed by atoms with E-state index in [9.17, 15) is 0 Å². The van der Waals surface area contributed by atoms with Crippen LogP contribution in [0, 0.1) is 0 Å². The maximum absolute atomic E-state index is 6.77. The molecule has 0 aliphatic rings. The summed E-state index contributed by atoms with van der Waals surface area (Å²) in [6.07, 6.45) is 1.20. The van der Waals surface area contributed by atoms with Crippen LogP contribution in [0.15, 0.2) is 0 Å². The quantitative estimate of drug-likeness (QED) is 0.659. The second-order valence-electron chi connectivity index (χ2n) is 7.90. The molecule has 0 aromatic rings. The Kier molecular flexibility index (Phi) is 4.89. The highest BCUT2D eigenvalue weighted by atomic mass is 28.4. The van der Waals surface area contributed by atoms with Crippen LogP contribution in [-0.2, 0) is 4.43 Å². The van der Waals surface area contributed by atoms with Gasteiger partial charge in [-0.25, -0.2) is 0 Å². The van der Waals surface area contributed by atoms with Gasteiger partial charge in [-0.3, -0.25) is 0 Å². The van der Waals surface area contributed by atoms with E-state index >= 15 is 0 Å². The van der Waals surface area contributed by atoms with Crippen LogP contribution in [0.25, 0.3) is 0 Å². The lowest BCUT2D eigenvalue weighted by molar-refractivity contribution is 0.203. The molecule has 0 saturated carbocycles. The summed E-state index contributed by atoms with van der Waals surface area (Å²) in [6, 6.07) is 0. The summed E-state index contributed by atoms with van der Waals surface area (Å²) in [7, 11) is -4.08. The van der Waals surface area contributed by atoms with E-state index in [1.165, 1.54) is 6.42 Å². The van der Waals surface area contributed by atoms with Gasteiger partial charge in [0.05, 0.1) is 16.1 Å². The summed E-state index contributed by atoms with van der Waals surface area (Å²) in [5.41, 5.74) is 0. The molecule has 0 aliphatic carbocycles. The molecule has 0 saturated heterocycles. The third-order valence-corrected chi connectivity index (χ3v) is 15.0. The molecule has 0 radical (unpaired) electrons. The highest BCUT2D eigenvalue weighted by molar-refractivity contribution is 6.99. The maximum Gasteiger partial charge on any atom is 0.183 e. The van der Waals surface area contributed by atoms with Crippen LogP contribution in [0.2, 0.25) is 58.9 Å². The fourth-order valence-electron chi connectivity index (χ4n) is 3.09. The number of rotatable bonds is 5. The zero-order valence-corrected chi connectivity index (χ0v) is 16.1. The van der Waals surface area contributed by atoms with E-state index in [1.54, 1.807) is 0 Å². The Morgan fingerprint density at radius 3 is 1.12 bits per heavy atom. The highest BCUT2D eigenvalue weighted by Gasteiger charge is 2.53. The molecule has 4 heteroatoms. The first kappa shape index (κ1) is 16.6. The van der Waals surface area contributed by atoms with E-state index in [4.69, 9.17) is 4.43 Å². The molecule has 0 bridgehead atoms. The Morgan fingerprint density at radius 1 is 0.750 bits per heavy atom. The Balaban J connectivity index is 5.51.